The van der Waals surface area contributed by atoms with Crippen LogP contribution < -0.4 is 4.90 Å². The Morgan fingerprint density at radius 3 is 2.58 bits per heavy atom. The predicted molar refractivity (Wildman–Crippen MR) is 110 cm³/mol. The van der Waals surface area contributed by atoms with Crippen LogP contribution >= 0.6 is 0 Å². The van der Waals surface area contributed by atoms with Crippen LogP contribution in [-0.2, 0) is 15.1 Å². The van der Waals surface area contributed by atoms with Crippen molar-refractivity contribution < 1.29 is 13.9 Å². The maximum atomic E-state index is 13.6. The van der Waals surface area contributed by atoms with Gasteiger partial charge in [0.1, 0.15) is 24.3 Å². The number of rotatable bonds is 5. The number of anilines is 1. The molecule has 2 saturated heterocycles. The summed E-state index contributed by atoms with van der Waals surface area (Å²) in [6.07, 6.45) is 8.97. The van der Waals surface area contributed by atoms with E-state index in [1.807, 2.05) is 11.0 Å². The number of pyridine rings is 2. The molecule has 1 saturated carbocycles. The summed E-state index contributed by atoms with van der Waals surface area (Å²) < 4.78 is 19.7. The molecule has 0 radical (unpaired) electrons. The van der Waals surface area contributed by atoms with Gasteiger partial charge in [0.25, 0.3) is 0 Å². The van der Waals surface area contributed by atoms with E-state index in [1.165, 1.54) is 12.3 Å². The second kappa shape index (κ2) is 7.89. The fourth-order valence-corrected chi connectivity index (χ4v) is 5.05. The van der Waals surface area contributed by atoms with Crippen LogP contribution in [0, 0.1) is 17.1 Å². The number of aromatic nitrogens is 2. The summed E-state index contributed by atoms with van der Waals surface area (Å²) in [4.78, 5) is 25.5. The molecule has 2 aromatic heterocycles. The smallest absolute Gasteiger partial charge is 0.248 e. The Balaban J connectivity index is 1.23. The minimum absolute atomic E-state index is 0.00886. The quantitative estimate of drug-likeness (QED) is 0.738. The van der Waals surface area contributed by atoms with Gasteiger partial charge in [-0.2, -0.15) is 5.26 Å². The minimum atomic E-state index is -0.599. The molecule has 2 bridgehead atoms. The summed E-state index contributed by atoms with van der Waals surface area (Å²) in [5.41, 5.74) is 0.654. The second-order valence-corrected chi connectivity index (χ2v) is 8.64. The van der Waals surface area contributed by atoms with E-state index in [9.17, 15) is 9.18 Å². The Morgan fingerprint density at radius 2 is 2.00 bits per heavy atom. The van der Waals surface area contributed by atoms with Crippen LogP contribution in [0.25, 0.3) is 0 Å². The molecule has 4 heterocycles. The highest BCUT2D eigenvalue weighted by molar-refractivity contribution is 5.78. The number of nitriles is 1. The van der Waals surface area contributed by atoms with E-state index < -0.39 is 5.60 Å². The Morgan fingerprint density at radius 1 is 1.23 bits per heavy atom. The van der Waals surface area contributed by atoms with Gasteiger partial charge in [0.15, 0.2) is 0 Å². The van der Waals surface area contributed by atoms with Crippen molar-refractivity contribution in [1.29, 1.82) is 5.26 Å². The lowest BCUT2D eigenvalue weighted by Gasteiger charge is -2.44. The number of likely N-dealkylation sites (tertiary alicyclic amines) is 1. The van der Waals surface area contributed by atoms with E-state index in [2.05, 4.69) is 20.9 Å². The highest BCUT2D eigenvalue weighted by Gasteiger charge is 2.44. The highest BCUT2D eigenvalue weighted by atomic mass is 19.1. The van der Waals surface area contributed by atoms with Crippen molar-refractivity contribution in [3.8, 4) is 6.07 Å². The van der Waals surface area contributed by atoms with Gasteiger partial charge in [-0.15, -0.1) is 0 Å². The molecule has 7 nitrogen and oxygen atoms in total. The molecule has 3 fully saturated rings. The molecule has 31 heavy (non-hydrogen) atoms. The molecule has 160 valence electrons. The van der Waals surface area contributed by atoms with Gasteiger partial charge >= 0.3 is 0 Å². The minimum Gasteiger partial charge on any atom is -0.360 e. The van der Waals surface area contributed by atoms with Gasteiger partial charge in [-0.05, 0) is 50.3 Å². The Hall–Kier alpha value is -3.05. The number of piperazine rings is 1. The number of carbonyl (C=O) groups excluding carboxylic acids is 1. The molecule has 2 aromatic rings. The summed E-state index contributed by atoms with van der Waals surface area (Å²) in [6, 6.07) is 7.66. The third kappa shape index (κ3) is 3.63. The largest absolute Gasteiger partial charge is 0.360 e. The average Bonchev–Trinajstić information content (AvgIpc) is 3.02. The van der Waals surface area contributed by atoms with Gasteiger partial charge < -0.3 is 14.5 Å². The van der Waals surface area contributed by atoms with Gasteiger partial charge in [-0.1, -0.05) is 0 Å². The van der Waals surface area contributed by atoms with E-state index in [-0.39, 0.29) is 30.4 Å². The van der Waals surface area contributed by atoms with Gasteiger partial charge in [0, 0.05) is 43.1 Å². The first kappa shape index (κ1) is 19.9. The number of nitrogens with zero attached hydrogens (tertiary/aromatic N) is 5. The third-order valence-electron chi connectivity index (χ3n) is 6.84. The summed E-state index contributed by atoms with van der Waals surface area (Å²) >= 11 is 0. The van der Waals surface area contributed by atoms with Crippen molar-refractivity contribution in [3.05, 3.63) is 53.7 Å². The lowest BCUT2D eigenvalue weighted by atomic mass is 9.75. The lowest BCUT2D eigenvalue weighted by molar-refractivity contribution is -0.154. The van der Waals surface area contributed by atoms with Gasteiger partial charge in [-0.3, -0.25) is 9.78 Å². The van der Waals surface area contributed by atoms with Gasteiger partial charge in [0.05, 0.1) is 17.4 Å². The standard InChI is InChI=1S/C23H24FN5O2/c24-18-8-17(11-26-12-18)23(6-1-7-23)31-15-22(30)28-13-19-3-4-20(14-28)29(19)21-5-2-16(9-25)10-27-21/h2,5,8,10-12,19-20H,1,3-4,6-7,13-15H2. The molecular weight excluding hydrogens is 397 g/mol. The molecule has 0 aromatic carbocycles. The first-order valence-electron chi connectivity index (χ1n) is 10.8. The Bertz CT molecular complexity index is 1000. The normalized spacial score (nSPS) is 23.9. The maximum absolute atomic E-state index is 13.6. The second-order valence-electron chi connectivity index (χ2n) is 8.64. The third-order valence-corrected chi connectivity index (χ3v) is 6.84. The van der Waals surface area contributed by atoms with E-state index in [0.717, 1.165) is 37.9 Å². The molecular formula is C23H24FN5O2. The first-order valence-corrected chi connectivity index (χ1v) is 10.8. The van der Waals surface area contributed by atoms with E-state index in [4.69, 9.17) is 10.00 Å². The Labute approximate surface area is 180 Å². The molecule has 1 amide bonds. The van der Waals surface area contributed by atoms with Crippen molar-refractivity contribution in [1.82, 2.24) is 14.9 Å². The summed E-state index contributed by atoms with van der Waals surface area (Å²) in [5, 5.41) is 8.99. The number of ether oxygens (including phenoxy) is 1. The van der Waals surface area contributed by atoms with Crippen molar-refractivity contribution in [2.75, 3.05) is 24.6 Å². The molecule has 0 N–H and O–H groups in total. The van der Waals surface area contributed by atoms with Gasteiger partial charge in [-0.25, -0.2) is 9.37 Å². The number of hydrogen-bond donors (Lipinski definition) is 0. The Kier molecular flexibility index (Phi) is 5.06. The summed E-state index contributed by atoms with van der Waals surface area (Å²) in [6.45, 7) is 1.26. The topological polar surface area (TPSA) is 82.4 Å². The number of hydrogen-bond acceptors (Lipinski definition) is 6. The van der Waals surface area contributed by atoms with E-state index in [1.54, 1.807) is 18.5 Å². The van der Waals surface area contributed by atoms with Crippen molar-refractivity contribution >= 4 is 11.7 Å². The number of fused-ring (bicyclic) bond motifs is 2. The lowest BCUT2D eigenvalue weighted by Crippen LogP contribution is -2.56. The molecule has 1 aliphatic carbocycles. The van der Waals surface area contributed by atoms with Crippen molar-refractivity contribution in [3.63, 3.8) is 0 Å². The fraction of sp³-hybridized carbons (Fsp3) is 0.478. The zero-order valence-corrected chi connectivity index (χ0v) is 17.2. The zero-order valence-electron chi connectivity index (χ0n) is 17.2. The van der Waals surface area contributed by atoms with Crippen LogP contribution in [0.1, 0.15) is 43.2 Å². The molecule has 8 heteroatoms. The van der Waals surface area contributed by atoms with Crippen LogP contribution in [0.15, 0.2) is 36.8 Å². The summed E-state index contributed by atoms with van der Waals surface area (Å²) in [5.74, 6) is 0.449. The number of carbonyl (C=O) groups is 1. The van der Waals surface area contributed by atoms with Crippen LogP contribution in [0.3, 0.4) is 0 Å². The monoisotopic (exact) mass is 421 g/mol. The van der Waals surface area contributed by atoms with E-state index >= 15 is 0 Å². The fourth-order valence-electron chi connectivity index (χ4n) is 5.05. The molecule has 2 atom stereocenters. The summed E-state index contributed by atoms with van der Waals surface area (Å²) in [7, 11) is 0. The van der Waals surface area contributed by atoms with Crippen molar-refractivity contribution in [2.45, 2.75) is 49.8 Å². The maximum Gasteiger partial charge on any atom is 0.248 e. The average molecular weight is 421 g/mol. The molecule has 3 aliphatic rings. The molecule has 0 spiro atoms. The first-order chi connectivity index (χ1) is 15.1. The van der Waals surface area contributed by atoms with Crippen LogP contribution in [0.5, 0.6) is 0 Å². The SMILES string of the molecule is N#Cc1ccc(N2C3CCC2CN(C(=O)COC2(c4cncc(F)c4)CCC2)C3)nc1. The van der Waals surface area contributed by atoms with Crippen LogP contribution in [0.4, 0.5) is 10.2 Å². The molecule has 5 rings (SSSR count). The van der Waals surface area contributed by atoms with E-state index in [0.29, 0.717) is 24.2 Å². The zero-order chi connectivity index (χ0) is 21.4. The van der Waals surface area contributed by atoms with Crippen LogP contribution in [-0.4, -0.2) is 52.6 Å². The molecule has 2 unspecified atom stereocenters. The van der Waals surface area contributed by atoms with Crippen LogP contribution in [0.2, 0.25) is 0 Å². The number of amides is 1. The predicted octanol–water partition coefficient (Wildman–Crippen LogP) is 2.76. The van der Waals surface area contributed by atoms with Gasteiger partial charge in [0.2, 0.25) is 5.91 Å². The molecule has 2 aliphatic heterocycles. The highest BCUT2D eigenvalue weighted by Crippen LogP contribution is 2.44. The van der Waals surface area contributed by atoms with Crippen molar-refractivity contribution in [2.24, 2.45) is 0 Å². The number of halogens is 1.